The van der Waals surface area contributed by atoms with Crippen LogP contribution in [0.25, 0.3) is 5.57 Å². The number of allylic oxidation sites excluding steroid dienone is 4. The van der Waals surface area contributed by atoms with Gasteiger partial charge in [-0.3, -0.25) is 10.1 Å². The number of hydrogen-bond donors (Lipinski definition) is 2. The molecule has 0 radical (unpaired) electrons. The second-order valence-electron chi connectivity index (χ2n) is 5.75. The predicted octanol–water partition coefficient (Wildman–Crippen LogP) is 2.12. The molecule has 2 N–H and O–H groups in total. The number of rotatable bonds is 4. The van der Waals surface area contributed by atoms with Gasteiger partial charge in [-0.1, -0.05) is 12.2 Å². The molecule has 128 valence electrons. The normalized spacial score (nSPS) is 22.5. The van der Waals surface area contributed by atoms with Crippen LogP contribution in [0.5, 0.6) is 0 Å². The molecule has 1 aromatic heterocycles. The lowest BCUT2D eigenvalue weighted by Crippen LogP contribution is -2.35. The van der Waals surface area contributed by atoms with Crippen LogP contribution < -0.4 is 10.6 Å². The van der Waals surface area contributed by atoms with Gasteiger partial charge in [-0.05, 0) is 6.42 Å². The summed E-state index contributed by atoms with van der Waals surface area (Å²) in [6.45, 7) is -0.491. The third-order valence-electron chi connectivity index (χ3n) is 3.99. The Kier molecular flexibility index (Phi) is 4.57. The van der Waals surface area contributed by atoms with Gasteiger partial charge in [-0.2, -0.15) is 0 Å². The van der Waals surface area contributed by atoms with E-state index in [1.807, 2.05) is 12.2 Å². The number of nitrogens with one attached hydrogen (secondary N) is 2. The lowest BCUT2D eigenvalue weighted by molar-refractivity contribution is -0.118. The Labute approximate surface area is 138 Å². The van der Waals surface area contributed by atoms with Crippen molar-refractivity contribution in [3.05, 3.63) is 36.0 Å². The van der Waals surface area contributed by atoms with E-state index in [9.17, 15) is 13.6 Å². The van der Waals surface area contributed by atoms with Crippen LogP contribution in [0.4, 0.5) is 14.6 Å². The first-order valence-electron chi connectivity index (χ1n) is 7.67. The Morgan fingerprint density at radius 1 is 1.46 bits per heavy atom. The van der Waals surface area contributed by atoms with E-state index in [0.717, 1.165) is 24.2 Å². The van der Waals surface area contributed by atoms with E-state index in [4.69, 9.17) is 4.74 Å². The van der Waals surface area contributed by atoms with E-state index in [2.05, 4.69) is 20.6 Å². The minimum absolute atomic E-state index is 0.268. The number of nitrogens with zero attached hydrogens (tertiary/aromatic N) is 2. The first-order valence-corrected chi connectivity index (χ1v) is 7.67. The van der Waals surface area contributed by atoms with E-state index >= 15 is 0 Å². The molecule has 1 unspecified atom stereocenters. The number of anilines is 1. The van der Waals surface area contributed by atoms with Crippen molar-refractivity contribution in [1.29, 1.82) is 0 Å². The molecule has 1 aromatic rings. The molecule has 1 atom stereocenters. The van der Waals surface area contributed by atoms with Crippen molar-refractivity contribution >= 4 is 17.3 Å². The number of methoxy groups -OCH3 is 1. The predicted molar refractivity (Wildman–Crippen MR) is 84.3 cm³/mol. The van der Waals surface area contributed by atoms with E-state index in [1.54, 1.807) is 13.2 Å². The molecule has 1 saturated heterocycles. The number of carbonyl (C=O) groups excluding carboxylic acids is 1. The van der Waals surface area contributed by atoms with Gasteiger partial charge < -0.3 is 10.1 Å². The summed E-state index contributed by atoms with van der Waals surface area (Å²) in [6.07, 6.45) is 6.40. The number of hydrogen-bond acceptors (Lipinski definition) is 5. The molecule has 1 fully saturated rings. The highest BCUT2D eigenvalue weighted by Crippen LogP contribution is 2.28. The second kappa shape index (κ2) is 6.64. The van der Waals surface area contributed by atoms with Gasteiger partial charge >= 0.3 is 0 Å². The average Bonchev–Trinajstić information content (AvgIpc) is 2.95. The van der Waals surface area contributed by atoms with E-state index < -0.39 is 30.8 Å². The SMILES string of the molecule is COC1=C(c2cc(NC(=O)C3CC(F)(F)CN3)ncn2)C=CCC1. The van der Waals surface area contributed by atoms with Crippen molar-refractivity contribution in [2.75, 3.05) is 19.0 Å². The van der Waals surface area contributed by atoms with Crippen LogP contribution in [-0.2, 0) is 9.53 Å². The zero-order chi connectivity index (χ0) is 17.2. The topological polar surface area (TPSA) is 76.1 Å². The average molecular weight is 336 g/mol. The van der Waals surface area contributed by atoms with Crippen molar-refractivity contribution in [1.82, 2.24) is 15.3 Å². The summed E-state index contributed by atoms with van der Waals surface area (Å²) in [5.41, 5.74) is 1.44. The molecule has 2 heterocycles. The van der Waals surface area contributed by atoms with Gasteiger partial charge in [-0.15, -0.1) is 0 Å². The highest BCUT2D eigenvalue weighted by atomic mass is 19.3. The molecule has 0 bridgehead atoms. The molecule has 0 aromatic carbocycles. The quantitative estimate of drug-likeness (QED) is 0.881. The van der Waals surface area contributed by atoms with Gasteiger partial charge in [0.1, 0.15) is 17.9 Å². The van der Waals surface area contributed by atoms with Gasteiger partial charge in [0, 0.05) is 24.5 Å². The Bertz CT molecular complexity index is 703. The first-order chi connectivity index (χ1) is 11.5. The lowest BCUT2D eigenvalue weighted by Gasteiger charge is -2.15. The van der Waals surface area contributed by atoms with Crippen LogP contribution in [0.15, 0.2) is 30.3 Å². The van der Waals surface area contributed by atoms with Crippen LogP contribution in [0.1, 0.15) is 25.0 Å². The fraction of sp³-hybridized carbons (Fsp3) is 0.438. The molecule has 3 rings (SSSR count). The zero-order valence-corrected chi connectivity index (χ0v) is 13.2. The lowest BCUT2D eigenvalue weighted by atomic mass is 10.0. The van der Waals surface area contributed by atoms with Crippen molar-refractivity contribution in [2.45, 2.75) is 31.2 Å². The van der Waals surface area contributed by atoms with Gasteiger partial charge in [0.2, 0.25) is 5.91 Å². The molecule has 6 nitrogen and oxygen atoms in total. The molecule has 0 saturated carbocycles. The molecule has 8 heteroatoms. The summed E-state index contributed by atoms with van der Waals surface area (Å²) in [4.78, 5) is 20.3. The minimum Gasteiger partial charge on any atom is -0.500 e. The molecular weight excluding hydrogens is 318 g/mol. The number of aromatic nitrogens is 2. The Morgan fingerprint density at radius 3 is 3.00 bits per heavy atom. The van der Waals surface area contributed by atoms with E-state index in [1.165, 1.54) is 6.33 Å². The van der Waals surface area contributed by atoms with E-state index in [0.29, 0.717) is 5.69 Å². The van der Waals surface area contributed by atoms with Gasteiger partial charge in [0.15, 0.2) is 0 Å². The number of alkyl halides is 2. The highest BCUT2D eigenvalue weighted by Gasteiger charge is 2.42. The summed E-state index contributed by atoms with van der Waals surface area (Å²) in [6, 6.07) is 0.677. The fourth-order valence-corrected chi connectivity index (χ4v) is 2.77. The molecule has 0 spiro atoms. The Hall–Kier alpha value is -2.35. The smallest absolute Gasteiger partial charge is 0.262 e. The van der Waals surface area contributed by atoms with Crippen molar-refractivity contribution in [2.24, 2.45) is 0 Å². The summed E-state index contributed by atoms with van der Waals surface area (Å²) in [7, 11) is 1.60. The maximum absolute atomic E-state index is 13.2. The molecular formula is C16H18F2N4O2. The summed E-state index contributed by atoms with van der Waals surface area (Å²) in [5, 5.41) is 5.08. The third-order valence-corrected chi connectivity index (χ3v) is 3.99. The van der Waals surface area contributed by atoms with Crippen LogP contribution in [0.3, 0.4) is 0 Å². The first kappa shape index (κ1) is 16.5. The maximum Gasteiger partial charge on any atom is 0.262 e. The Morgan fingerprint density at radius 2 is 2.29 bits per heavy atom. The maximum atomic E-state index is 13.2. The van der Waals surface area contributed by atoms with Gasteiger partial charge in [0.25, 0.3) is 5.92 Å². The van der Waals surface area contributed by atoms with Gasteiger partial charge in [-0.25, -0.2) is 18.7 Å². The van der Waals surface area contributed by atoms with Crippen molar-refractivity contribution < 1.29 is 18.3 Å². The van der Waals surface area contributed by atoms with Crippen LogP contribution >= 0.6 is 0 Å². The molecule has 2 aliphatic rings. The van der Waals surface area contributed by atoms with Crippen LogP contribution in [-0.4, -0.2) is 41.5 Å². The fourth-order valence-electron chi connectivity index (χ4n) is 2.77. The largest absolute Gasteiger partial charge is 0.500 e. The summed E-state index contributed by atoms with van der Waals surface area (Å²) >= 11 is 0. The van der Waals surface area contributed by atoms with Crippen LogP contribution in [0, 0.1) is 0 Å². The highest BCUT2D eigenvalue weighted by molar-refractivity contribution is 5.94. The third kappa shape index (κ3) is 3.59. The number of carbonyl (C=O) groups is 1. The van der Waals surface area contributed by atoms with Crippen LogP contribution in [0.2, 0.25) is 0 Å². The summed E-state index contributed by atoms with van der Waals surface area (Å²) < 4.78 is 31.7. The van der Waals surface area contributed by atoms with Crippen molar-refractivity contribution in [3.8, 4) is 0 Å². The number of amides is 1. The molecule has 1 amide bonds. The number of ether oxygens (including phenoxy) is 1. The second-order valence-corrected chi connectivity index (χ2v) is 5.75. The molecule has 1 aliphatic heterocycles. The minimum atomic E-state index is -2.86. The number of halogens is 2. The monoisotopic (exact) mass is 336 g/mol. The standard InChI is InChI=1S/C16H18F2N4O2/c1-24-13-5-3-2-4-10(13)11-6-14(21-9-20-11)22-15(23)12-7-16(17,18)8-19-12/h2,4,6,9,12,19H,3,5,7-8H2,1H3,(H,20,21,22,23). The Balaban J connectivity index is 1.75. The van der Waals surface area contributed by atoms with Crippen molar-refractivity contribution in [3.63, 3.8) is 0 Å². The van der Waals surface area contributed by atoms with Gasteiger partial charge in [0.05, 0.1) is 25.4 Å². The summed E-state index contributed by atoms with van der Waals surface area (Å²) in [5.74, 6) is -2.31. The van der Waals surface area contributed by atoms with E-state index in [-0.39, 0.29) is 5.82 Å². The molecule has 24 heavy (non-hydrogen) atoms. The molecule has 1 aliphatic carbocycles. The zero-order valence-electron chi connectivity index (χ0n) is 13.2.